The van der Waals surface area contributed by atoms with Crippen LogP contribution in [0.25, 0.3) is 11.1 Å². The van der Waals surface area contributed by atoms with Gasteiger partial charge in [-0.15, -0.1) is 5.10 Å². The van der Waals surface area contributed by atoms with E-state index in [0.29, 0.717) is 15.6 Å². The molecule has 15 heteroatoms. The molecule has 1 amide bonds. The summed E-state index contributed by atoms with van der Waals surface area (Å²) in [4.78, 5) is 42.9. The van der Waals surface area contributed by atoms with Crippen LogP contribution in [0.1, 0.15) is 29.9 Å². The van der Waals surface area contributed by atoms with Gasteiger partial charge >= 0.3 is 12.1 Å². The summed E-state index contributed by atoms with van der Waals surface area (Å²) in [5.74, 6) is -1.78. The molecule has 0 spiro atoms. The first-order chi connectivity index (χ1) is 20.0. The van der Waals surface area contributed by atoms with E-state index in [1.54, 1.807) is 44.2 Å². The van der Waals surface area contributed by atoms with Crippen LogP contribution in [0.2, 0.25) is 10.0 Å². The van der Waals surface area contributed by atoms with Crippen LogP contribution in [0.4, 0.5) is 4.79 Å². The van der Waals surface area contributed by atoms with Gasteiger partial charge in [0.2, 0.25) is 6.79 Å². The molecule has 0 aliphatic rings. The number of aromatic nitrogens is 3. The number of halogens is 2. The predicted molar refractivity (Wildman–Crippen MR) is 151 cm³/mol. The van der Waals surface area contributed by atoms with E-state index >= 15 is 0 Å². The number of aliphatic hydroxyl groups excluding tert-OH is 1. The van der Waals surface area contributed by atoms with Gasteiger partial charge in [0.05, 0.1) is 12.6 Å². The lowest BCUT2D eigenvalue weighted by Gasteiger charge is -2.24. The molecule has 1 aromatic heterocycles. The lowest BCUT2D eigenvalue weighted by molar-refractivity contribution is -0.164. The summed E-state index contributed by atoms with van der Waals surface area (Å²) in [5, 5.41) is 20.3. The summed E-state index contributed by atoms with van der Waals surface area (Å²) in [6.07, 6.45) is -0.450. The Labute approximate surface area is 251 Å². The molecule has 3 rings (SSSR count). The normalized spacial score (nSPS) is 11.6. The molecule has 2 N–H and O–H groups in total. The van der Waals surface area contributed by atoms with Gasteiger partial charge < -0.3 is 24.2 Å². The molecule has 1 heterocycles. The van der Waals surface area contributed by atoms with Crippen molar-refractivity contribution in [3.63, 3.8) is 0 Å². The largest absolute Gasteiger partial charge is 0.511 e. The van der Waals surface area contributed by atoms with E-state index < -0.39 is 43.6 Å². The van der Waals surface area contributed by atoms with Gasteiger partial charge in [0.25, 0.3) is 5.91 Å². The highest BCUT2D eigenvalue weighted by molar-refractivity contribution is 6.35. The molecule has 0 saturated carbocycles. The first-order valence-electron chi connectivity index (χ1n) is 12.5. The number of carbonyl (C=O) groups is 3. The van der Waals surface area contributed by atoms with E-state index in [9.17, 15) is 19.5 Å². The second-order valence-corrected chi connectivity index (χ2v) is 9.73. The molecule has 13 nitrogen and oxygen atoms in total. The molecule has 3 aromatic rings. The van der Waals surface area contributed by atoms with Crippen molar-refractivity contribution < 1.29 is 38.5 Å². The molecule has 42 heavy (non-hydrogen) atoms. The van der Waals surface area contributed by atoms with Crippen molar-refractivity contribution in [2.45, 2.75) is 32.6 Å². The quantitative estimate of drug-likeness (QED) is 0.118. The average molecular weight is 622 g/mol. The van der Waals surface area contributed by atoms with E-state index in [-0.39, 0.29) is 18.8 Å². The fourth-order valence-corrected chi connectivity index (χ4v) is 3.76. The van der Waals surface area contributed by atoms with Crippen LogP contribution in [0, 0.1) is 0 Å². The van der Waals surface area contributed by atoms with E-state index in [4.69, 9.17) is 37.5 Å². The Morgan fingerprint density at radius 1 is 1.14 bits per heavy atom. The number of carbonyl (C=O) groups excluding carboxylic acids is 3. The first-order valence-corrected chi connectivity index (χ1v) is 13.3. The zero-order chi connectivity index (χ0) is 30.6. The summed E-state index contributed by atoms with van der Waals surface area (Å²) in [7, 11) is 0. The summed E-state index contributed by atoms with van der Waals surface area (Å²) >= 11 is 12.4. The summed E-state index contributed by atoms with van der Waals surface area (Å²) in [6, 6.07) is 12.3. The van der Waals surface area contributed by atoms with E-state index in [1.807, 2.05) is 12.1 Å². The van der Waals surface area contributed by atoms with Crippen molar-refractivity contribution in [3.05, 3.63) is 82.6 Å². The van der Waals surface area contributed by atoms with Gasteiger partial charge in [-0.1, -0.05) is 65.0 Å². The molecule has 0 unspecified atom stereocenters. The van der Waals surface area contributed by atoms with Crippen molar-refractivity contribution in [3.8, 4) is 11.1 Å². The molecule has 0 saturated heterocycles. The topological polar surface area (TPSA) is 154 Å². The SMILES string of the molecule is C=CCOn1cc(C(=O)NN(Cc2ccc(-c3cc(Cl)ccc3Cl)cc2)C[C@@H](O)C(=O)OCOC(=O)OC(C)C)nn1. The van der Waals surface area contributed by atoms with E-state index in [1.165, 1.54) is 17.3 Å². The zero-order valence-corrected chi connectivity index (χ0v) is 24.2. The lowest BCUT2D eigenvalue weighted by Crippen LogP contribution is -2.47. The molecule has 2 aromatic carbocycles. The number of nitrogens with zero attached hydrogens (tertiary/aromatic N) is 4. The number of hydrogen-bond acceptors (Lipinski definition) is 11. The highest BCUT2D eigenvalue weighted by Gasteiger charge is 2.24. The third-order valence-electron chi connectivity index (χ3n) is 5.23. The summed E-state index contributed by atoms with van der Waals surface area (Å²) in [5.41, 5.74) is 4.74. The maximum Gasteiger partial charge on any atom is 0.511 e. The maximum absolute atomic E-state index is 12.9. The van der Waals surface area contributed by atoms with Crippen LogP contribution in [0.3, 0.4) is 0 Å². The third-order valence-corrected chi connectivity index (χ3v) is 5.80. The average Bonchev–Trinajstić information content (AvgIpc) is 3.42. The standard InChI is InChI=1S/C27H29Cl2N5O8/c1-4-11-41-34-14-23(30-32-34)25(36)31-33(15-24(35)26(37)39-16-40-27(38)42-17(2)3)13-18-5-7-19(8-6-18)21-12-20(28)9-10-22(21)29/h4-10,12,14,17,24,35H,1,11,13,15-16H2,2-3H3,(H,31,36)/t24-/m1/s1. The van der Waals surface area contributed by atoms with Crippen LogP contribution in [0.5, 0.6) is 0 Å². The predicted octanol–water partition coefficient (Wildman–Crippen LogP) is 3.44. The first kappa shape index (κ1) is 32.3. The van der Waals surface area contributed by atoms with Gasteiger partial charge in [-0.05, 0) is 48.4 Å². The number of aliphatic hydroxyl groups is 1. The molecule has 0 bridgehead atoms. The molecule has 0 aliphatic heterocycles. The smallest absolute Gasteiger partial charge is 0.431 e. The highest BCUT2D eigenvalue weighted by Crippen LogP contribution is 2.30. The van der Waals surface area contributed by atoms with Crippen molar-refractivity contribution in [1.29, 1.82) is 0 Å². The molecule has 0 radical (unpaired) electrons. The Morgan fingerprint density at radius 3 is 2.57 bits per heavy atom. The number of amides is 1. The second-order valence-electron chi connectivity index (χ2n) is 8.89. The minimum atomic E-state index is -1.73. The Hall–Kier alpha value is -4.17. The van der Waals surface area contributed by atoms with Crippen molar-refractivity contribution in [1.82, 2.24) is 25.6 Å². The van der Waals surface area contributed by atoms with Gasteiger partial charge in [0.1, 0.15) is 12.8 Å². The minimum absolute atomic E-state index is 0.0535. The zero-order valence-electron chi connectivity index (χ0n) is 22.7. The van der Waals surface area contributed by atoms with Crippen LogP contribution < -0.4 is 10.3 Å². The number of hydrazine groups is 1. The number of rotatable bonds is 14. The number of nitrogens with one attached hydrogen (secondary N) is 1. The summed E-state index contributed by atoms with van der Waals surface area (Å²) < 4.78 is 14.2. The molecular formula is C27H29Cl2N5O8. The van der Waals surface area contributed by atoms with Crippen molar-refractivity contribution >= 4 is 41.2 Å². The number of ether oxygens (including phenoxy) is 3. The van der Waals surface area contributed by atoms with E-state index in [0.717, 1.165) is 16.0 Å². The maximum atomic E-state index is 12.9. The fourth-order valence-electron chi connectivity index (χ4n) is 3.37. The fraction of sp³-hybridized carbons (Fsp3) is 0.296. The third kappa shape index (κ3) is 10.0. The van der Waals surface area contributed by atoms with Crippen molar-refractivity contribution in [2.24, 2.45) is 0 Å². The molecule has 224 valence electrons. The Morgan fingerprint density at radius 2 is 1.88 bits per heavy atom. The Bertz CT molecular complexity index is 1380. The Kier molecular flexibility index (Phi) is 12.1. The minimum Gasteiger partial charge on any atom is -0.431 e. The molecule has 0 aliphatic carbocycles. The van der Waals surface area contributed by atoms with Crippen LogP contribution in [0.15, 0.2) is 61.3 Å². The van der Waals surface area contributed by atoms with Crippen molar-refractivity contribution in [2.75, 3.05) is 19.9 Å². The second kappa shape index (κ2) is 15.7. The number of benzene rings is 2. The van der Waals surface area contributed by atoms with Crippen LogP contribution in [-0.4, -0.2) is 75.5 Å². The summed E-state index contributed by atoms with van der Waals surface area (Å²) in [6.45, 7) is 5.80. The van der Waals surface area contributed by atoms with Gasteiger partial charge in [-0.3, -0.25) is 10.2 Å². The van der Waals surface area contributed by atoms with Gasteiger partial charge in [-0.2, -0.15) is 0 Å². The number of esters is 1. The lowest BCUT2D eigenvalue weighted by atomic mass is 10.0. The van der Waals surface area contributed by atoms with Crippen LogP contribution >= 0.6 is 23.2 Å². The Balaban J connectivity index is 1.70. The van der Waals surface area contributed by atoms with Crippen LogP contribution in [-0.2, 0) is 25.5 Å². The number of hydrogen-bond donors (Lipinski definition) is 2. The van der Waals surface area contributed by atoms with Gasteiger partial charge in [-0.25, -0.2) is 14.6 Å². The molecular weight excluding hydrogens is 593 g/mol. The monoisotopic (exact) mass is 621 g/mol. The van der Waals surface area contributed by atoms with Gasteiger partial charge in [0.15, 0.2) is 11.8 Å². The highest BCUT2D eigenvalue weighted by atomic mass is 35.5. The molecule has 1 atom stereocenters. The van der Waals surface area contributed by atoms with Gasteiger partial charge in [0, 0.05) is 22.2 Å². The van der Waals surface area contributed by atoms with E-state index in [2.05, 4.69) is 27.1 Å². The molecule has 0 fully saturated rings.